The third-order valence-electron chi connectivity index (χ3n) is 5.88. The van der Waals surface area contributed by atoms with E-state index in [1.807, 2.05) is 36.4 Å². The zero-order valence-electron chi connectivity index (χ0n) is 19.6. The van der Waals surface area contributed by atoms with Crippen molar-refractivity contribution in [1.82, 2.24) is 9.97 Å². The molecule has 2 atom stereocenters. The lowest BCUT2D eigenvalue weighted by Gasteiger charge is -2.23. The Labute approximate surface area is 204 Å². The number of nitrogens with two attached hydrogens (primary N) is 1. The highest BCUT2D eigenvalue weighted by molar-refractivity contribution is 5.90. The molecule has 4 rings (SSSR count). The molecule has 0 aliphatic carbocycles. The van der Waals surface area contributed by atoms with E-state index in [1.165, 1.54) is 7.11 Å². The molecule has 0 spiro atoms. The van der Waals surface area contributed by atoms with Crippen LogP contribution in [-0.4, -0.2) is 35.2 Å². The minimum Gasteiger partial charge on any atom is -0.458 e. The van der Waals surface area contributed by atoms with Crippen LogP contribution < -0.4 is 16.4 Å². The van der Waals surface area contributed by atoms with Gasteiger partial charge in [0.1, 0.15) is 12.6 Å². The van der Waals surface area contributed by atoms with Crippen molar-refractivity contribution in [3.8, 4) is 11.1 Å². The first-order valence-electron chi connectivity index (χ1n) is 11.6. The maximum absolute atomic E-state index is 13.1. The van der Waals surface area contributed by atoms with E-state index in [2.05, 4.69) is 20.6 Å². The molecule has 35 heavy (non-hydrogen) atoms. The van der Waals surface area contributed by atoms with Gasteiger partial charge >= 0.3 is 12.1 Å². The van der Waals surface area contributed by atoms with Gasteiger partial charge in [-0.05, 0) is 54.8 Å². The van der Waals surface area contributed by atoms with Crippen LogP contribution in [0.1, 0.15) is 43.1 Å². The van der Waals surface area contributed by atoms with Gasteiger partial charge in [-0.1, -0.05) is 25.0 Å². The third kappa shape index (κ3) is 6.33. The predicted octanol–water partition coefficient (Wildman–Crippen LogP) is 4.42. The van der Waals surface area contributed by atoms with Crippen molar-refractivity contribution < 1.29 is 19.1 Å². The summed E-state index contributed by atoms with van der Waals surface area (Å²) >= 11 is 0. The monoisotopic (exact) mass is 475 g/mol. The van der Waals surface area contributed by atoms with Crippen molar-refractivity contribution in [2.45, 2.75) is 44.4 Å². The first-order chi connectivity index (χ1) is 17.0. The number of nitrogens with zero attached hydrogens (tertiary/aromatic N) is 2. The number of rotatable bonds is 4. The number of hydrogen-bond donors (Lipinski definition) is 3. The Morgan fingerprint density at radius 3 is 2.74 bits per heavy atom. The molecule has 9 heteroatoms. The number of benzene rings is 1. The molecular formula is C26H29N5O4. The van der Waals surface area contributed by atoms with Gasteiger partial charge in [-0.15, -0.1) is 0 Å². The van der Waals surface area contributed by atoms with E-state index >= 15 is 0 Å². The van der Waals surface area contributed by atoms with E-state index < -0.39 is 12.1 Å². The third-order valence-corrected chi connectivity index (χ3v) is 5.88. The molecule has 2 bridgehead atoms. The summed E-state index contributed by atoms with van der Waals surface area (Å²) in [5.41, 5.74) is 10.8. The highest BCUT2D eigenvalue weighted by atomic mass is 16.5. The van der Waals surface area contributed by atoms with E-state index in [4.69, 9.17) is 15.2 Å². The van der Waals surface area contributed by atoms with Crippen LogP contribution in [0.5, 0.6) is 0 Å². The Morgan fingerprint density at radius 1 is 1.09 bits per heavy atom. The van der Waals surface area contributed by atoms with Crippen molar-refractivity contribution in [2.24, 2.45) is 5.73 Å². The van der Waals surface area contributed by atoms with Crippen molar-refractivity contribution in [1.29, 1.82) is 0 Å². The normalized spacial score (nSPS) is 17.5. The van der Waals surface area contributed by atoms with Crippen molar-refractivity contribution in [3.05, 3.63) is 72.3 Å². The maximum Gasteiger partial charge on any atom is 0.411 e. The number of aromatic nitrogens is 2. The van der Waals surface area contributed by atoms with Gasteiger partial charge in [-0.3, -0.25) is 15.3 Å². The van der Waals surface area contributed by atoms with E-state index in [0.29, 0.717) is 23.5 Å². The highest BCUT2D eigenvalue weighted by Crippen LogP contribution is 2.33. The molecule has 3 aromatic rings. The lowest BCUT2D eigenvalue weighted by molar-refractivity contribution is -0.146. The minimum absolute atomic E-state index is 0.0905. The SMILES string of the molecule is COC(=O)Nc1ccc2c(c1)N[C@@H](C(=O)OCc1ccccn1)CCCC[C@H](N)c1cc-2ccn1. The number of ether oxygens (including phenoxy) is 2. The molecule has 1 aliphatic heterocycles. The van der Waals surface area contributed by atoms with Gasteiger partial charge in [0, 0.05) is 35.4 Å². The van der Waals surface area contributed by atoms with Gasteiger partial charge in [0.15, 0.2) is 0 Å². The number of pyridine rings is 2. The molecule has 2 aromatic heterocycles. The van der Waals surface area contributed by atoms with Gasteiger partial charge in [-0.2, -0.15) is 0 Å². The molecule has 4 N–H and O–H groups in total. The van der Waals surface area contributed by atoms with E-state index in [1.54, 1.807) is 24.5 Å². The van der Waals surface area contributed by atoms with Crippen molar-refractivity contribution >= 4 is 23.4 Å². The topological polar surface area (TPSA) is 128 Å². The number of nitrogens with one attached hydrogen (secondary N) is 2. The highest BCUT2D eigenvalue weighted by Gasteiger charge is 2.23. The Balaban J connectivity index is 1.66. The van der Waals surface area contributed by atoms with Crippen LogP contribution >= 0.6 is 0 Å². The zero-order chi connectivity index (χ0) is 24.6. The number of methoxy groups -OCH3 is 1. The standard InChI is InChI=1S/C26H29N5O4/c1-34-26(33)30-18-9-10-20-17-11-13-29-24(14-17)21(27)7-2-3-8-22(31-23(20)15-18)25(32)35-16-19-6-4-5-12-28-19/h4-6,9-15,21-22,31H,2-3,7-8,16,27H2,1H3,(H,30,33)/t21-,22+/m0/s1. The summed E-state index contributed by atoms with van der Waals surface area (Å²) in [5, 5.41) is 6.04. The van der Waals surface area contributed by atoms with Crippen molar-refractivity contribution in [2.75, 3.05) is 17.7 Å². The smallest absolute Gasteiger partial charge is 0.411 e. The number of carbonyl (C=O) groups excluding carboxylic acids is 2. The summed E-state index contributed by atoms with van der Waals surface area (Å²) in [4.78, 5) is 33.6. The van der Waals surface area contributed by atoms with Crippen LogP contribution in [0.25, 0.3) is 11.1 Å². The summed E-state index contributed by atoms with van der Waals surface area (Å²) in [6.07, 6.45) is 5.76. The molecule has 0 saturated carbocycles. The summed E-state index contributed by atoms with van der Waals surface area (Å²) in [5.74, 6) is -0.371. The predicted molar refractivity (Wildman–Crippen MR) is 133 cm³/mol. The number of fused-ring (bicyclic) bond motifs is 4. The summed E-state index contributed by atoms with van der Waals surface area (Å²) in [6, 6.07) is 14.0. The van der Waals surface area contributed by atoms with Gasteiger partial charge in [0.25, 0.3) is 0 Å². The second-order valence-corrected chi connectivity index (χ2v) is 8.36. The van der Waals surface area contributed by atoms with E-state index in [0.717, 1.165) is 36.1 Å². The molecule has 0 fully saturated rings. The molecule has 1 aliphatic rings. The Kier molecular flexibility index (Phi) is 7.89. The Hall–Kier alpha value is -3.98. The van der Waals surface area contributed by atoms with Gasteiger partial charge < -0.3 is 20.5 Å². The molecule has 1 aromatic carbocycles. The Bertz CT molecular complexity index is 1170. The minimum atomic E-state index is -0.595. The fraction of sp³-hybridized carbons (Fsp3) is 0.308. The van der Waals surface area contributed by atoms with Crippen LogP contribution in [0.2, 0.25) is 0 Å². The molecule has 0 saturated heterocycles. The average molecular weight is 476 g/mol. The van der Waals surface area contributed by atoms with Crippen LogP contribution in [0.3, 0.4) is 0 Å². The Morgan fingerprint density at radius 2 is 1.94 bits per heavy atom. The van der Waals surface area contributed by atoms with Crippen LogP contribution in [0, 0.1) is 0 Å². The second kappa shape index (κ2) is 11.4. The second-order valence-electron chi connectivity index (χ2n) is 8.36. The summed E-state index contributed by atoms with van der Waals surface area (Å²) in [7, 11) is 1.30. The molecule has 0 radical (unpaired) electrons. The summed E-state index contributed by atoms with van der Waals surface area (Å²) in [6.45, 7) is 0.0905. The fourth-order valence-corrected chi connectivity index (χ4v) is 4.01. The maximum atomic E-state index is 13.1. The van der Waals surface area contributed by atoms with E-state index in [9.17, 15) is 9.59 Å². The lowest BCUT2D eigenvalue weighted by atomic mass is 9.97. The van der Waals surface area contributed by atoms with Crippen LogP contribution in [0.15, 0.2) is 60.9 Å². The summed E-state index contributed by atoms with van der Waals surface area (Å²) < 4.78 is 10.3. The molecular weight excluding hydrogens is 446 g/mol. The largest absolute Gasteiger partial charge is 0.458 e. The average Bonchev–Trinajstić information content (AvgIpc) is 2.89. The molecule has 0 unspecified atom stereocenters. The number of anilines is 2. The number of amides is 1. The zero-order valence-corrected chi connectivity index (χ0v) is 19.6. The fourth-order valence-electron chi connectivity index (χ4n) is 4.01. The van der Waals surface area contributed by atoms with E-state index in [-0.39, 0.29) is 18.6 Å². The van der Waals surface area contributed by atoms with Gasteiger partial charge in [0.2, 0.25) is 0 Å². The molecule has 1 amide bonds. The number of hydrogen-bond acceptors (Lipinski definition) is 8. The van der Waals surface area contributed by atoms with Crippen LogP contribution in [-0.2, 0) is 20.9 Å². The first kappa shape index (κ1) is 24.2. The van der Waals surface area contributed by atoms with Gasteiger partial charge in [-0.25, -0.2) is 9.59 Å². The first-order valence-corrected chi connectivity index (χ1v) is 11.6. The molecule has 3 heterocycles. The molecule has 182 valence electrons. The lowest BCUT2D eigenvalue weighted by Crippen LogP contribution is -2.32. The van der Waals surface area contributed by atoms with Crippen molar-refractivity contribution in [3.63, 3.8) is 0 Å². The van der Waals surface area contributed by atoms with Crippen LogP contribution in [0.4, 0.5) is 16.2 Å². The number of carbonyl (C=O) groups is 2. The van der Waals surface area contributed by atoms with Gasteiger partial charge in [0.05, 0.1) is 18.5 Å². The quantitative estimate of drug-likeness (QED) is 0.473. The molecule has 9 nitrogen and oxygen atoms in total. The number of esters is 1.